The van der Waals surface area contributed by atoms with Gasteiger partial charge in [0.1, 0.15) is 5.69 Å². The number of nitrogens with zero attached hydrogens (tertiary/aromatic N) is 2. The number of hydrogen-bond acceptors (Lipinski definition) is 3. The molecule has 4 nitrogen and oxygen atoms in total. The molecule has 0 fully saturated rings. The number of H-pyrrole nitrogens is 1. The second kappa shape index (κ2) is 5.59. The lowest BCUT2D eigenvalue weighted by molar-refractivity contribution is 0.714. The summed E-state index contributed by atoms with van der Waals surface area (Å²) in [4.78, 5) is 12.1. The number of aryl methyl sites for hydroxylation is 1. The SMILES string of the molecule is CCNCc1cnc(-c2ncccc2CC)[nH]1. The molecule has 2 heterocycles. The van der Waals surface area contributed by atoms with E-state index in [9.17, 15) is 0 Å². The lowest BCUT2D eigenvalue weighted by Crippen LogP contribution is -2.11. The lowest BCUT2D eigenvalue weighted by atomic mass is 10.1. The van der Waals surface area contributed by atoms with Crippen molar-refractivity contribution in [1.29, 1.82) is 0 Å². The first-order valence-corrected chi connectivity index (χ1v) is 6.04. The lowest BCUT2D eigenvalue weighted by Gasteiger charge is -2.03. The highest BCUT2D eigenvalue weighted by Gasteiger charge is 2.08. The molecule has 0 atom stereocenters. The van der Waals surface area contributed by atoms with Gasteiger partial charge in [0.05, 0.1) is 6.20 Å². The number of pyridine rings is 1. The second-order valence-electron chi connectivity index (χ2n) is 3.90. The highest BCUT2D eigenvalue weighted by atomic mass is 15.0. The van der Waals surface area contributed by atoms with Crippen LogP contribution in [0.15, 0.2) is 24.5 Å². The third kappa shape index (κ3) is 2.71. The summed E-state index contributed by atoms with van der Waals surface area (Å²) in [6.07, 6.45) is 4.64. The molecule has 2 rings (SSSR count). The molecule has 4 heteroatoms. The summed E-state index contributed by atoms with van der Waals surface area (Å²) in [5.74, 6) is 0.857. The summed E-state index contributed by atoms with van der Waals surface area (Å²) < 4.78 is 0. The average Bonchev–Trinajstić information content (AvgIpc) is 2.85. The van der Waals surface area contributed by atoms with Crippen molar-refractivity contribution < 1.29 is 0 Å². The van der Waals surface area contributed by atoms with Gasteiger partial charge in [-0.2, -0.15) is 0 Å². The molecule has 0 unspecified atom stereocenters. The molecule has 2 aromatic heterocycles. The van der Waals surface area contributed by atoms with E-state index in [0.717, 1.165) is 36.7 Å². The van der Waals surface area contributed by atoms with Crippen LogP contribution >= 0.6 is 0 Å². The number of hydrogen-bond donors (Lipinski definition) is 2. The Morgan fingerprint density at radius 1 is 1.29 bits per heavy atom. The molecule has 0 radical (unpaired) electrons. The van der Waals surface area contributed by atoms with Crippen molar-refractivity contribution in [2.45, 2.75) is 26.8 Å². The molecule has 0 aliphatic rings. The minimum atomic E-state index is 0.817. The molecule has 90 valence electrons. The van der Waals surface area contributed by atoms with Crippen LogP contribution in [0.2, 0.25) is 0 Å². The molecule has 0 spiro atoms. The highest BCUT2D eigenvalue weighted by molar-refractivity contribution is 5.54. The van der Waals surface area contributed by atoms with E-state index in [-0.39, 0.29) is 0 Å². The van der Waals surface area contributed by atoms with Crippen LogP contribution in [0, 0.1) is 0 Å². The van der Waals surface area contributed by atoms with E-state index in [4.69, 9.17) is 0 Å². The average molecular weight is 230 g/mol. The molecule has 0 saturated carbocycles. The van der Waals surface area contributed by atoms with Gasteiger partial charge in [-0.05, 0) is 24.6 Å². The molecule has 0 bridgehead atoms. The Kier molecular flexibility index (Phi) is 3.88. The fourth-order valence-electron chi connectivity index (χ4n) is 1.77. The van der Waals surface area contributed by atoms with Gasteiger partial charge in [-0.15, -0.1) is 0 Å². The molecule has 0 aliphatic carbocycles. The Morgan fingerprint density at radius 3 is 2.94 bits per heavy atom. The minimum Gasteiger partial charge on any atom is -0.339 e. The maximum absolute atomic E-state index is 4.40. The van der Waals surface area contributed by atoms with E-state index in [1.807, 2.05) is 12.3 Å². The van der Waals surface area contributed by atoms with Gasteiger partial charge in [0, 0.05) is 18.4 Å². The Balaban J connectivity index is 2.24. The Bertz CT molecular complexity index is 476. The van der Waals surface area contributed by atoms with E-state index in [2.05, 4.69) is 40.2 Å². The molecule has 2 aromatic rings. The van der Waals surface area contributed by atoms with Crippen molar-refractivity contribution in [3.8, 4) is 11.5 Å². The zero-order chi connectivity index (χ0) is 12.1. The fraction of sp³-hybridized carbons (Fsp3) is 0.385. The zero-order valence-corrected chi connectivity index (χ0v) is 10.3. The normalized spacial score (nSPS) is 10.7. The zero-order valence-electron chi connectivity index (χ0n) is 10.3. The van der Waals surface area contributed by atoms with Crippen LogP contribution in [0.1, 0.15) is 25.1 Å². The number of imidazole rings is 1. The smallest absolute Gasteiger partial charge is 0.156 e. The summed E-state index contributed by atoms with van der Waals surface area (Å²) in [7, 11) is 0. The van der Waals surface area contributed by atoms with Gasteiger partial charge in [-0.1, -0.05) is 19.9 Å². The maximum atomic E-state index is 4.40. The third-order valence-corrected chi connectivity index (χ3v) is 2.69. The van der Waals surface area contributed by atoms with Crippen LogP contribution in [-0.2, 0) is 13.0 Å². The molecule has 0 amide bonds. The number of rotatable bonds is 5. The Hall–Kier alpha value is -1.68. The van der Waals surface area contributed by atoms with Crippen LogP contribution in [-0.4, -0.2) is 21.5 Å². The van der Waals surface area contributed by atoms with E-state index >= 15 is 0 Å². The summed E-state index contributed by atoms with van der Waals surface area (Å²) >= 11 is 0. The van der Waals surface area contributed by atoms with Crippen molar-refractivity contribution >= 4 is 0 Å². The number of nitrogens with one attached hydrogen (secondary N) is 2. The molecular weight excluding hydrogens is 212 g/mol. The number of aromatic nitrogens is 3. The minimum absolute atomic E-state index is 0.817. The van der Waals surface area contributed by atoms with Crippen LogP contribution in [0.25, 0.3) is 11.5 Å². The molecule has 17 heavy (non-hydrogen) atoms. The molecular formula is C13H18N4. The van der Waals surface area contributed by atoms with Gasteiger partial charge in [0.15, 0.2) is 5.82 Å². The van der Waals surface area contributed by atoms with Gasteiger partial charge < -0.3 is 10.3 Å². The van der Waals surface area contributed by atoms with Crippen molar-refractivity contribution in [3.63, 3.8) is 0 Å². The Morgan fingerprint density at radius 2 is 2.18 bits per heavy atom. The predicted molar refractivity (Wildman–Crippen MR) is 68.6 cm³/mol. The topological polar surface area (TPSA) is 53.6 Å². The quantitative estimate of drug-likeness (QED) is 0.827. The number of aromatic amines is 1. The van der Waals surface area contributed by atoms with Crippen LogP contribution in [0.4, 0.5) is 0 Å². The predicted octanol–water partition coefficient (Wildman–Crippen LogP) is 2.14. The molecule has 0 aromatic carbocycles. The van der Waals surface area contributed by atoms with Crippen LogP contribution in [0.3, 0.4) is 0 Å². The molecule has 0 saturated heterocycles. The van der Waals surface area contributed by atoms with Gasteiger partial charge >= 0.3 is 0 Å². The van der Waals surface area contributed by atoms with E-state index in [1.165, 1.54) is 5.56 Å². The summed E-state index contributed by atoms with van der Waals surface area (Å²) in [6, 6.07) is 4.06. The first kappa shape index (κ1) is 11.8. The largest absolute Gasteiger partial charge is 0.339 e. The van der Waals surface area contributed by atoms with Crippen molar-refractivity contribution in [1.82, 2.24) is 20.3 Å². The first-order chi connectivity index (χ1) is 8.35. The summed E-state index contributed by atoms with van der Waals surface area (Å²) in [6.45, 7) is 5.99. The van der Waals surface area contributed by atoms with Crippen molar-refractivity contribution in [2.24, 2.45) is 0 Å². The van der Waals surface area contributed by atoms with Crippen LogP contribution < -0.4 is 5.32 Å². The standard InChI is InChI=1S/C13H18N4/c1-3-10-6-5-7-15-12(10)13-16-9-11(17-13)8-14-4-2/h5-7,9,14H,3-4,8H2,1-2H3,(H,16,17). The second-order valence-corrected chi connectivity index (χ2v) is 3.90. The third-order valence-electron chi connectivity index (χ3n) is 2.69. The van der Waals surface area contributed by atoms with Gasteiger partial charge in [-0.3, -0.25) is 4.98 Å². The maximum Gasteiger partial charge on any atom is 0.156 e. The monoisotopic (exact) mass is 230 g/mol. The van der Waals surface area contributed by atoms with Gasteiger partial charge in [0.25, 0.3) is 0 Å². The summed E-state index contributed by atoms with van der Waals surface area (Å²) in [5.41, 5.74) is 3.27. The van der Waals surface area contributed by atoms with E-state index in [1.54, 1.807) is 6.20 Å². The fourth-order valence-corrected chi connectivity index (χ4v) is 1.77. The van der Waals surface area contributed by atoms with Gasteiger partial charge in [-0.25, -0.2) is 4.98 Å². The van der Waals surface area contributed by atoms with E-state index in [0.29, 0.717) is 0 Å². The molecule has 0 aliphatic heterocycles. The highest BCUT2D eigenvalue weighted by Crippen LogP contribution is 2.18. The molecule has 2 N–H and O–H groups in total. The van der Waals surface area contributed by atoms with E-state index < -0.39 is 0 Å². The summed E-state index contributed by atoms with van der Waals surface area (Å²) in [5, 5.41) is 3.27. The first-order valence-electron chi connectivity index (χ1n) is 6.04. The van der Waals surface area contributed by atoms with Crippen molar-refractivity contribution in [3.05, 3.63) is 35.8 Å². The van der Waals surface area contributed by atoms with Crippen molar-refractivity contribution in [2.75, 3.05) is 6.54 Å². The Labute approximate surface area is 102 Å². The van der Waals surface area contributed by atoms with Crippen LogP contribution in [0.5, 0.6) is 0 Å². The van der Waals surface area contributed by atoms with Gasteiger partial charge in [0.2, 0.25) is 0 Å².